The van der Waals surface area contributed by atoms with Crippen LogP contribution in [0.15, 0.2) is 60.7 Å². The maximum Gasteiger partial charge on any atom is 0.295 e. The van der Waals surface area contributed by atoms with Gasteiger partial charge in [-0.3, -0.25) is 4.79 Å². The van der Waals surface area contributed by atoms with Gasteiger partial charge in [0.1, 0.15) is 0 Å². The number of carbonyl (C=O) groups is 1. The first kappa shape index (κ1) is 21.4. The van der Waals surface area contributed by atoms with Gasteiger partial charge >= 0.3 is 0 Å². The number of anilines is 1. The van der Waals surface area contributed by atoms with Crippen molar-refractivity contribution in [1.29, 1.82) is 0 Å². The molecule has 0 bridgehead atoms. The summed E-state index contributed by atoms with van der Waals surface area (Å²) in [5.41, 5.74) is 4.01. The molecule has 0 saturated heterocycles. The molecule has 8 heteroatoms. The summed E-state index contributed by atoms with van der Waals surface area (Å²) in [4.78, 5) is 17.4. The van der Waals surface area contributed by atoms with E-state index in [0.717, 1.165) is 22.4 Å². The summed E-state index contributed by atoms with van der Waals surface area (Å²) in [5.74, 6) is 0.0795. The van der Waals surface area contributed by atoms with Crippen molar-refractivity contribution in [3.8, 4) is 17.1 Å². The summed E-state index contributed by atoms with van der Waals surface area (Å²) in [5, 5.41) is 8.60. The van der Waals surface area contributed by atoms with Crippen LogP contribution in [0.2, 0.25) is 15.1 Å². The number of carbonyl (C=O) groups excluding carboxylic acids is 1. The maximum atomic E-state index is 12.9. The van der Waals surface area contributed by atoms with Crippen molar-refractivity contribution in [3.05, 3.63) is 92.7 Å². The molecule has 0 atom stereocenters. The Kier molecular flexibility index (Phi) is 6.01. The van der Waals surface area contributed by atoms with Crippen molar-refractivity contribution in [2.45, 2.75) is 13.8 Å². The minimum Gasteiger partial charge on any atom is -0.319 e. The fourth-order valence-electron chi connectivity index (χ4n) is 3.05. The number of amides is 1. The van der Waals surface area contributed by atoms with E-state index < -0.39 is 5.91 Å². The SMILES string of the molecule is Cc1ccc(-c2nc(C(=O)Nc3ccc(Cl)c(Cl)c3)nn2-c2cccc(Cl)c2C)cc1. The molecule has 0 spiro atoms. The Bertz CT molecular complexity index is 1280. The molecule has 0 fully saturated rings. The summed E-state index contributed by atoms with van der Waals surface area (Å²) in [7, 11) is 0. The van der Waals surface area contributed by atoms with Gasteiger partial charge in [0, 0.05) is 16.3 Å². The van der Waals surface area contributed by atoms with Crippen LogP contribution < -0.4 is 5.32 Å². The molecule has 0 aliphatic heterocycles. The highest BCUT2D eigenvalue weighted by molar-refractivity contribution is 6.42. The second-order valence-electron chi connectivity index (χ2n) is 7.00. The Labute approximate surface area is 194 Å². The van der Waals surface area contributed by atoms with Crippen molar-refractivity contribution >= 4 is 46.4 Å². The Balaban J connectivity index is 1.79. The highest BCUT2D eigenvalue weighted by Crippen LogP contribution is 2.28. The quantitative estimate of drug-likeness (QED) is 0.357. The summed E-state index contributed by atoms with van der Waals surface area (Å²) in [6, 6.07) is 18.2. The van der Waals surface area contributed by atoms with Crippen LogP contribution in [0.5, 0.6) is 0 Å². The molecule has 0 saturated carbocycles. The molecule has 0 unspecified atom stereocenters. The zero-order chi connectivity index (χ0) is 22.1. The average molecular weight is 472 g/mol. The first-order valence-corrected chi connectivity index (χ1v) is 10.5. The van der Waals surface area contributed by atoms with E-state index in [-0.39, 0.29) is 5.82 Å². The third-order valence-electron chi connectivity index (χ3n) is 4.76. The molecular weight excluding hydrogens is 455 g/mol. The predicted molar refractivity (Wildman–Crippen MR) is 126 cm³/mol. The number of benzene rings is 3. The van der Waals surface area contributed by atoms with Crippen molar-refractivity contribution in [2.75, 3.05) is 5.32 Å². The maximum absolute atomic E-state index is 12.9. The highest BCUT2D eigenvalue weighted by atomic mass is 35.5. The van der Waals surface area contributed by atoms with E-state index in [1.807, 2.05) is 50.2 Å². The largest absolute Gasteiger partial charge is 0.319 e. The summed E-state index contributed by atoms with van der Waals surface area (Å²) in [6.07, 6.45) is 0. The van der Waals surface area contributed by atoms with Crippen molar-refractivity contribution in [3.63, 3.8) is 0 Å². The molecular formula is C23H17Cl3N4O. The van der Waals surface area contributed by atoms with E-state index in [2.05, 4.69) is 15.4 Å². The fraction of sp³-hybridized carbons (Fsp3) is 0.0870. The van der Waals surface area contributed by atoms with Crippen LogP contribution in [0, 0.1) is 13.8 Å². The van der Waals surface area contributed by atoms with Crippen LogP contribution in [-0.2, 0) is 0 Å². The number of aryl methyl sites for hydroxylation is 1. The lowest BCUT2D eigenvalue weighted by Gasteiger charge is -2.10. The Morgan fingerprint density at radius 2 is 1.65 bits per heavy atom. The Morgan fingerprint density at radius 1 is 0.903 bits per heavy atom. The lowest BCUT2D eigenvalue weighted by atomic mass is 10.1. The van der Waals surface area contributed by atoms with Crippen LogP contribution in [0.4, 0.5) is 5.69 Å². The molecule has 0 aliphatic rings. The summed E-state index contributed by atoms with van der Waals surface area (Å²) < 4.78 is 1.63. The summed E-state index contributed by atoms with van der Waals surface area (Å²) in [6.45, 7) is 3.90. The monoisotopic (exact) mass is 470 g/mol. The molecule has 1 heterocycles. The number of rotatable bonds is 4. The van der Waals surface area contributed by atoms with E-state index in [0.29, 0.717) is 26.6 Å². The van der Waals surface area contributed by atoms with Gasteiger partial charge in [-0.25, -0.2) is 9.67 Å². The van der Waals surface area contributed by atoms with Gasteiger partial charge in [0.2, 0.25) is 5.82 Å². The molecule has 4 aromatic rings. The van der Waals surface area contributed by atoms with Gasteiger partial charge < -0.3 is 5.32 Å². The van der Waals surface area contributed by atoms with Gasteiger partial charge in [0.25, 0.3) is 5.91 Å². The van der Waals surface area contributed by atoms with Gasteiger partial charge in [0.05, 0.1) is 15.7 Å². The topological polar surface area (TPSA) is 59.8 Å². The number of nitrogens with one attached hydrogen (secondary N) is 1. The molecule has 4 rings (SSSR count). The number of nitrogens with zero attached hydrogens (tertiary/aromatic N) is 3. The van der Waals surface area contributed by atoms with Gasteiger partial charge in [0.15, 0.2) is 5.82 Å². The minimum atomic E-state index is -0.467. The lowest BCUT2D eigenvalue weighted by Crippen LogP contribution is -2.14. The molecule has 156 valence electrons. The zero-order valence-electron chi connectivity index (χ0n) is 16.7. The van der Waals surface area contributed by atoms with Crippen molar-refractivity contribution in [1.82, 2.24) is 14.8 Å². The normalized spacial score (nSPS) is 10.9. The first-order chi connectivity index (χ1) is 14.8. The van der Waals surface area contributed by atoms with Crippen molar-refractivity contribution < 1.29 is 4.79 Å². The lowest BCUT2D eigenvalue weighted by molar-refractivity contribution is 0.101. The molecule has 3 aromatic carbocycles. The van der Waals surface area contributed by atoms with Crippen LogP contribution in [0.1, 0.15) is 21.7 Å². The molecule has 1 amide bonds. The second-order valence-corrected chi connectivity index (χ2v) is 8.23. The standard InChI is InChI=1S/C23H17Cl3N4O/c1-13-6-8-15(9-7-13)22-28-21(23(31)27-16-10-11-18(25)19(26)12-16)29-30(22)20-5-3-4-17(24)14(20)2/h3-12H,1-2H3,(H,27,31). The van der Waals surface area contributed by atoms with Crippen LogP contribution in [0.25, 0.3) is 17.1 Å². The second kappa shape index (κ2) is 8.71. The van der Waals surface area contributed by atoms with E-state index in [9.17, 15) is 4.79 Å². The predicted octanol–water partition coefficient (Wildman–Crippen LogP) is 6.76. The average Bonchev–Trinajstić information content (AvgIpc) is 3.18. The molecule has 31 heavy (non-hydrogen) atoms. The fourth-order valence-corrected chi connectivity index (χ4v) is 3.52. The van der Waals surface area contributed by atoms with Gasteiger partial charge in [-0.2, -0.15) is 0 Å². The number of hydrogen-bond donors (Lipinski definition) is 1. The van der Waals surface area contributed by atoms with E-state index in [1.54, 1.807) is 28.9 Å². The minimum absolute atomic E-state index is 0.0148. The Hall–Kier alpha value is -2.86. The van der Waals surface area contributed by atoms with Gasteiger partial charge in [-0.1, -0.05) is 70.7 Å². The van der Waals surface area contributed by atoms with Crippen LogP contribution in [-0.4, -0.2) is 20.7 Å². The zero-order valence-corrected chi connectivity index (χ0v) is 18.9. The molecule has 1 aromatic heterocycles. The smallest absolute Gasteiger partial charge is 0.295 e. The number of hydrogen-bond acceptors (Lipinski definition) is 3. The van der Waals surface area contributed by atoms with Crippen molar-refractivity contribution in [2.24, 2.45) is 0 Å². The first-order valence-electron chi connectivity index (χ1n) is 9.39. The number of aromatic nitrogens is 3. The third-order valence-corrected chi connectivity index (χ3v) is 5.91. The van der Waals surface area contributed by atoms with Crippen LogP contribution >= 0.6 is 34.8 Å². The van der Waals surface area contributed by atoms with E-state index in [4.69, 9.17) is 34.8 Å². The molecule has 5 nitrogen and oxygen atoms in total. The Morgan fingerprint density at radius 3 is 2.35 bits per heavy atom. The van der Waals surface area contributed by atoms with E-state index >= 15 is 0 Å². The molecule has 0 aliphatic carbocycles. The van der Waals surface area contributed by atoms with Crippen LogP contribution in [0.3, 0.4) is 0 Å². The van der Waals surface area contributed by atoms with Gasteiger partial charge in [-0.05, 0) is 49.7 Å². The highest BCUT2D eigenvalue weighted by Gasteiger charge is 2.20. The molecule has 1 N–H and O–H groups in total. The third kappa shape index (κ3) is 4.44. The number of halogens is 3. The van der Waals surface area contributed by atoms with Gasteiger partial charge in [-0.15, -0.1) is 5.10 Å². The molecule has 0 radical (unpaired) electrons. The van der Waals surface area contributed by atoms with E-state index in [1.165, 1.54) is 0 Å². The summed E-state index contributed by atoms with van der Waals surface area (Å²) >= 11 is 18.3.